The van der Waals surface area contributed by atoms with E-state index in [9.17, 15) is 36.5 Å². The number of nitro benzene ring substituents is 1. The summed E-state index contributed by atoms with van der Waals surface area (Å²) in [6, 6.07) is 7.35. The molecule has 3 aromatic rings. The number of nitrogens with one attached hydrogen (secondary N) is 1. The van der Waals surface area contributed by atoms with Gasteiger partial charge in [0.2, 0.25) is 0 Å². The van der Waals surface area contributed by atoms with Gasteiger partial charge in [0.25, 0.3) is 5.69 Å². The maximum absolute atomic E-state index is 13.3. The minimum absolute atomic E-state index is 0.0640. The van der Waals surface area contributed by atoms with E-state index in [4.69, 9.17) is 4.74 Å². The van der Waals surface area contributed by atoms with Crippen molar-refractivity contribution < 1.29 is 36.0 Å². The van der Waals surface area contributed by atoms with E-state index in [1.54, 1.807) is 6.20 Å². The highest BCUT2D eigenvalue weighted by molar-refractivity contribution is 5.55. The standard InChI is InChI=1S/C31H33F6N5O3/c32-30(33,34)22-3-10-29(39-18-22)41-13-11-20(12-14-41)1-2-21-15-26(19-38-17-21)45-25-7-4-23(5-8-25)40-24-6-9-28(42(43)44)27(16-24)31(35,36)37/h3,6,9-10,15-20,23,25,40H,1-2,4-5,7-8,11-14H2. The number of aromatic nitrogens is 2. The van der Waals surface area contributed by atoms with Gasteiger partial charge >= 0.3 is 12.4 Å². The van der Waals surface area contributed by atoms with E-state index in [1.165, 1.54) is 12.1 Å². The average Bonchev–Trinajstić information content (AvgIpc) is 3.00. The molecule has 0 atom stereocenters. The Morgan fingerprint density at radius 3 is 2.27 bits per heavy atom. The second kappa shape index (κ2) is 13.5. The highest BCUT2D eigenvalue weighted by Crippen LogP contribution is 2.38. The first-order valence-electron chi connectivity index (χ1n) is 14.9. The largest absolute Gasteiger partial charge is 0.489 e. The fraction of sp³-hybridized carbons (Fsp3) is 0.484. The molecule has 14 heteroatoms. The number of pyridine rings is 2. The molecule has 0 unspecified atom stereocenters. The number of halogens is 6. The van der Waals surface area contributed by atoms with Crippen molar-refractivity contribution in [3.63, 3.8) is 0 Å². The summed E-state index contributed by atoms with van der Waals surface area (Å²) >= 11 is 0. The number of hydrogen-bond donors (Lipinski definition) is 1. The average molecular weight is 638 g/mol. The number of anilines is 2. The second-order valence-corrected chi connectivity index (χ2v) is 11.6. The smallest absolute Gasteiger partial charge is 0.423 e. The maximum atomic E-state index is 13.3. The Kier molecular flexibility index (Phi) is 9.68. The molecule has 8 nitrogen and oxygen atoms in total. The normalized spacial score (nSPS) is 19.7. The zero-order valence-corrected chi connectivity index (χ0v) is 24.3. The number of nitrogens with zero attached hydrogens (tertiary/aromatic N) is 4. The van der Waals surface area contributed by atoms with Crippen molar-refractivity contribution in [1.29, 1.82) is 0 Å². The molecule has 2 aliphatic rings. The molecule has 0 spiro atoms. The molecular weight excluding hydrogens is 604 g/mol. The van der Waals surface area contributed by atoms with Crippen LogP contribution in [-0.4, -0.2) is 40.1 Å². The molecule has 1 saturated carbocycles. The van der Waals surface area contributed by atoms with Gasteiger partial charge in [-0.1, -0.05) is 0 Å². The maximum Gasteiger partial charge on any atom is 0.423 e. The van der Waals surface area contributed by atoms with Crippen molar-refractivity contribution >= 4 is 17.2 Å². The van der Waals surface area contributed by atoms with Crippen LogP contribution in [0.4, 0.5) is 43.5 Å². The van der Waals surface area contributed by atoms with Crippen molar-refractivity contribution in [2.24, 2.45) is 5.92 Å². The van der Waals surface area contributed by atoms with Crippen LogP contribution < -0.4 is 15.0 Å². The molecule has 1 aliphatic heterocycles. The lowest BCUT2D eigenvalue weighted by atomic mass is 9.90. The molecule has 2 aromatic heterocycles. The Balaban J connectivity index is 1.06. The number of ether oxygens (including phenoxy) is 1. The highest BCUT2D eigenvalue weighted by atomic mass is 19.4. The van der Waals surface area contributed by atoms with Gasteiger partial charge in [-0.05, 0) is 93.2 Å². The molecule has 3 heterocycles. The zero-order chi connectivity index (χ0) is 32.2. The predicted octanol–water partition coefficient (Wildman–Crippen LogP) is 8.07. The predicted molar refractivity (Wildman–Crippen MR) is 155 cm³/mol. The Bertz CT molecular complexity index is 1450. The third-order valence-corrected chi connectivity index (χ3v) is 8.47. The van der Waals surface area contributed by atoms with E-state index in [0.717, 1.165) is 68.7 Å². The first-order chi connectivity index (χ1) is 21.3. The summed E-state index contributed by atoms with van der Waals surface area (Å²) in [7, 11) is 0. The molecule has 242 valence electrons. The Hall–Kier alpha value is -4.10. The van der Waals surface area contributed by atoms with Crippen LogP contribution in [0.1, 0.15) is 61.6 Å². The second-order valence-electron chi connectivity index (χ2n) is 11.6. The minimum Gasteiger partial charge on any atom is -0.489 e. The van der Waals surface area contributed by atoms with Crippen LogP contribution in [0.5, 0.6) is 5.75 Å². The molecule has 1 aliphatic carbocycles. The van der Waals surface area contributed by atoms with E-state index in [1.807, 2.05) is 17.2 Å². The van der Waals surface area contributed by atoms with Gasteiger partial charge in [-0.15, -0.1) is 0 Å². The molecule has 0 radical (unpaired) electrons. The van der Waals surface area contributed by atoms with Gasteiger partial charge in [0.1, 0.15) is 17.1 Å². The topological polar surface area (TPSA) is 93.4 Å². The molecule has 0 bridgehead atoms. The first-order valence-corrected chi connectivity index (χ1v) is 14.9. The van der Waals surface area contributed by atoms with Crippen molar-refractivity contribution in [3.8, 4) is 5.75 Å². The summed E-state index contributed by atoms with van der Waals surface area (Å²) < 4.78 is 84.6. The molecular formula is C31H33F6N5O3. The summed E-state index contributed by atoms with van der Waals surface area (Å²) in [5.41, 5.74) is -1.76. The number of piperidine rings is 1. The van der Waals surface area contributed by atoms with Gasteiger partial charge in [-0.2, -0.15) is 26.3 Å². The molecule has 45 heavy (non-hydrogen) atoms. The van der Waals surface area contributed by atoms with Crippen LogP contribution in [0.3, 0.4) is 0 Å². The van der Waals surface area contributed by atoms with Gasteiger partial charge < -0.3 is 15.0 Å². The third kappa shape index (κ3) is 8.54. The zero-order valence-electron chi connectivity index (χ0n) is 24.3. The van der Waals surface area contributed by atoms with Crippen molar-refractivity contribution in [2.45, 2.75) is 75.9 Å². The van der Waals surface area contributed by atoms with Gasteiger partial charge in [-0.3, -0.25) is 15.1 Å². The number of aryl methyl sites for hydroxylation is 1. The minimum atomic E-state index is -4.83. The van der Waals surface area contributed by atoms with E-state index in [0.29, 0.717) is 43.2 Å². The number of alkyl halides is 6. The Morgan fingerprint density at radius 1 is 0.911 bits per heavy atom. The summed E-state index contributed by atoms with van der Waals surface area (Å²) in [6.45, 7) is 1.46. The van der Waals surface area contributed by atoms with Crippen molar-refractivity contribution in [1.82, 2.24) is 9.97 Å². The highest BCUT2D eigenvalue weighted by Gasteiger charge is 2.38. The number of nitro groups is 1. The summed E-state index contributed by atoms with van der Waals surface area (Å²) in [5.74, 6) is 1.70. The molecule has 1 aromatic carbocycles. The monoisotopic (exact) mass is 637 g/mol. The number of rotatable bonds is 9. The van der Waals surface area contributed by atoms with Gasteiger partial charge in [0, 0.05) is 43.3 Å². The fourth-order valence-electron chi connectivity index (χ4n) is 5.99. The van der Waals surface area contributed by atoms with Crippen LogP contribution in [0, 0.1) is 16.0 Å². The molecule has 1 N–H and O–H groups in total. The van der Waals surface area contributed by atoms with Crippen LogP contribution in [0.2, 0.25) is 0 Å². The number of hydrogen-bond acceptors (Lipinski definition) is 7. The summed E-state index contributed by atoms with van der Waals surface area (Å²) in [5, 5.41) is 14.1. The summed E-state index contributed by atoms with van der Waals surface area (Å²) in [6.07, 6.45) is 1.37. The number of benzene rings is 1. The first kappa shape index (κ1) is 32.3. The Morgan fingerprint density at radius 2 is 1.64 bits per heavy atom. The van der Waals surface area contributed by atoms with Crippen molar-refractivity contribution in [2.75, 3.05) is 23.3 Å². The fourth-order valence-corrected chi connectivity index (χ4v) is 5.99. The summed E-state index contributed by atoms with van der Waals surface area (Å²) in [4.78, 5) is 20.3. The van der Waals surface area contributed by atoms with E-state index in [2.05, 4.69) is 15.3 Å². The van der Waals surface area contributed by atoms with E-state index < -0.39 is 34.1 Å². The Labute approximate surface area is 256 Å². The van der Waals surface area contributed by atoms with Gasteiger partial charge in [0.05, 0.1) is 22.8 Å². The molecule has 0 amide bonds. The van der Waals surface area contributed by atoms with Crippen molar-refractivity contribution in [3.05, 3.63) is 81.8 Å². The van der Waals surface area contributed by atoms with E-state index >= 15 is 0 Å². The third-order valence-electron chi connectivity index (χ3n) is 8.47. The van der Waals surface area contributed by atoms with Gasteiger partial charge in [0.15, 0.2) is 0 Å². The molecule has 5 rings (SSSR count). The SMILES string of the molecule is O=[N+]([O-])c1ccc(NC2CCC(Oc3cncc(CCC4CCN(c5ccc(C(F)(F)F)cn5)CC4)c3)CC2)cc1C(F)(F)F. The lowest BCUT2D eigenvalue weighted by Crippen LogP contribution is -2.34. The van der Waals surface area contributed by atoms with Crippen LogP contribution >= 0.6 is 0 Å². The van der Waals surface area contributed by atoms with E-state index in [-0.39, 0.29) is 17.8 Å². The van der Waals surface area contributed by atoms with Gasteiger partial charge in [-0.25, -0.2) is 4.98 Å². The van der Waals surface area contributed by atoms with Crippen LogP contribution in [0.15, 0.2) is 55.0 Å². The molecule has 1 saturated heterocycles. The van der Waals surface area contributed by atoms with Crippen LogP contribution in [-0.2, 0) is 18.8 Å². The lowest BCUT2D eigenvalue weighted by molar-refractivity contribution is -0.388. The van der Waals surface area contributed by atoms with Crippen LogP contribution in [0.25, 0.3) is 0 Å². The lowest BCUT2D eigenvalue weighted by Gasteiger charge is -2.33. The quantitative estimate of drug-likeness (QED) is 0.144. The molecule has 2 fully saturated rings.